The molecule has 0 radical (unpaired) electrons. The second-order valence-corrected chi connectivity index (χ2v) is 16.3. The van der Waals surface area contributed by atoms with Gasteiger partial charge in [0.25, 0.3) is 11.8 Å². The predicted molar refractivity (Wildman–Crippen MR) is 227 cm³/mol. The van der Waals surface area contributed by atoms with Crippen LogP contribution >= 0.6 is 0 Å². The number of nitrogens with one attached hydrogen (secondary N) is 3. The van der Waals surface area contributed by atoms with Crippen molar-refractivity contribution in [3.63, 3.8) is 0 Å². The number of hydrogen-bond acceptors (Lipinski definition) is 8. The number of ether oxygens (including phenoxy) is 1. The van der Waals surface area contributed by atoms with Crippen molar-refractivity contribution in [1.29, 1.82) is 0 Å². The Balaban J connectivity index is 0.726. The lowest BCUT2D eigenvalue weighted by Gasteiger charge is -2.20. The van der Waals surface area contributed by atoms with E-state index in [-0.39, 0.29) is 63.2 Å². The molecule has 0 unspecified atom stereocenters. The second-order valence-electron chi connectivity index (χ2n) is 16.3. The van der Waals surface area contributed by atoms with Gasteiger partial charge in [-0.25, -0.2) is 20.4 Å². The number of hydrogen-bond donors (Lipinski definition) is 3. The van der Waals surface area contributed by atoms with Crippen molar-refractivity contribution in [2.45, 2.75) is 63.2 Å². The average Bonchev–Trinajstić information content (AvgIpc) is 4.15. The third-order valence-electron chi connectivity index (χ3n) is 12.4. The number of fused-ring (bicyclic) bond motifs is 4. The molecule has 320 valence electrons. The number of alkyl carbamates (subject to hydrolysis) is 1. The predicted octanol–water partition coefficient (Wildman–Crippen LogP) is 4.81. The number of benzene rings is 4. The molecule has 9 rings (SSSR count). The van der Waals surface area contributed by atoms with Crippen LogP contribution in [-0.2, 0) is 38.8 Å². The maximum Gasteiger partial charge on any atom is 0.407 e. The Morgan fingerprint density at radius 2 is 1.62 bits per heavy atom. The van der Waals surface area contributed by atoms with Crippen LogP contribution in [0.4, 0.5) is 9.18 Å². The first-order chi connectivity index (χ1) is 30.6. The third kappa shape index (κ3) is 8.46. The number of aromatic nitrogens is 3. The molecule has 1 aliphatic carbocycles. The molecule has 3 N–H and O–H groups in total. The topological polar surface area (TPSA) is 172 Å². The zero-order valence-corrected chi connectivity index (χ0v) is 34.2. The maximum atomic E-state index is 14.0. The van der Waals surface area contributed by atoms with E-state index >= 15 is 0 Å². The van der Waals surface area contributed by atoms with Crippen LogP contribution in [0.2, 0.25) is 0 Å². The fraction of sp³-hybridized carbons (Fsp3) is 0.319. The zero-order valence-electron chi connectivity index (χ0n) is 34.2. The van der Waals surface area contributed by atoms with Gasteiger partial charge in [0.05, 0.1) is 25.7 Å². The van der Waals surface area contributed by atoms with Crippen molar-refractivity contribution >= 4 is 29.7 Å². The standard InChI is InChI=1S/C47H44FN9O6/c1-49-42-21-33(48)24-57(42)46(61)40-19-32(45(60)52-40)20-43(58)55-22-30-7-6-8-31(38(30)25-55)23-56-26-41(53-54-56)28-13-15-29(16-14-28)44(59)50-17-18-51-47(62)63-27-39-36-11-4-2-9-34(36)35-10-3-5-12-37(35)39/h2-16,26,32-33,39-40,42H,17-25,27H2,(H,50,59)(H,51,62)(H,52,60)/t32-,33-,40-,42-/m0/s1. The molecule has 4 heterocycles. The largest absolute Gasteiger partial charge is 0.449 e. The first kappa shape index (κ1) is 41.0. The number of amides is 5. The summed E-state index contributed by atoms with van der Waals surface area (Å²) < 4.78 is 21.2. The van der Waals surface area contributed by atoms with Crippen molar-refractivity contribution in [3.8, 4) is 22.4 Å². The summed E-state index contributed by atoms with van der Waals surface area (Å²) in [5.74, 6) is -2.12. The molecule has 2 saturated heterocycles. The Labute approximate surface area is 362 Å². The van der Waals surface area contributed by atoms with Gasteiger partial charge in [0.1, 0.15) is 24.5 Å². The van der Waals surface area contributed by atoms with E-state index in [2.05, 4.69) is 55.4 Å². The van der Waals surface area contributed by atoms with Crippen molar-refractivity contribution in [3.05, 3.63) is 142 Å². The number of halogens is 1. The molecule has 4 aromatic carbocycles. The monoisotopic (exact) mass is 849 g/mol. The molecule has 0 spiro atoms. The second kappa shape index (κ2) is 17.5. The lowest BCUT2D eigenvalue weighted by atomic mass is 9.98. The average molecular weight is 850 g/mol. The van der Waals surface area contributed by atoms with Gasteiger partial charge in [-0.05, 0) is 57.5 Å². The first-order valence-electron chi connectivity index (χ1n) is 21.0. The van der Waals surface area contributed by atoms with E-state index in [9.17, 15) is 28.4 Å². The molecule has 4 aliphatic rings. The number of alkyl halides is 1. The highest BCUT2D eigenvalue weighted by molar-refractivity contribution is 5.95. The summed E-state index contributed by atoms with van der Waals surface area (Å²) >= 11 is 0. The summed E-state index contributed by atoms with van der Waals surface area (Å²) in [6, 6.07) is 28.2. The summed E-state index contributed by atoms with van der Waals surface area (Å²) in [5.41, 5.74) is 9.36. The van der Waals surface area contributed by atoms with E-state index in [0.717, 1.165) is 44.5 Å². The SMILES string of the molecule is [C-]#[N+][C@@H]1C[C@H](F)CN1C(=O)[C@@H]1C[C@@H](CC(=O)N2Cc3cccc(Cn4cc(-c5ccc(C(=O)NCCNC(=O)OCC6c7ccccc7-c7ccccc76)cc5)nn4)c3C2)C(=O)N1. The molecular formula is C47H44FN9O6. The van der Waals surface area contributed by atoms with E-state index in [1.165, 1.54) is 4.90 Å². The number of rotatable bonds is 12. The van der Waals surface area contributed by atoms with Gasteiger partial charge in [0, 0.05) is 55.6 Å². The van der Waals surface area contributed by atoms with Gasteiger partial charge in [0.15, 0.2) is 0 Å². The maximum absolute atomic E-state index is 14.0. The lowest BCUT2D eigenvalue weighted by molar-refractivity contribution is -0.135. The molecule has 16 heteroatoms. The fourth-order valence-electron chi connectivity index (χ4n) is 9.13. The van der Waals surface area contributed by atoms with Crippen LogP contribution in [0.1, 0.15) is 63.4 Å². The van der Waals surface area contributed by atoms with Gasteiger partial charge in [-0.1, -0.05) is 84.1 Å². The number of likely N-dealkylation sites (tertiary alicyclic amines) is 1. The molecule has 63 heavy (non-hydrogen) atoms. The summed E-state index contributed by atoms with van der Waals surface area (Å²) in [4.78, 5) is 71.0. The highest BCUT2D eigenvalue weighted by atomic mass is 19.1. The summed E-state index contributed by atoms with van der Waals surface area (Å²) in [6.45, 7) is 8.89. The lowest BCUT2D eigenvalue weighted by Crippen LogP contribution is -2.46. The van der Waals surface area contributed by atoms with Crippen molar-refractivity contribution in [1.82, 2.24) is 40.7 Å². The number of carbonyl (C=O) groups excluding carboxylic acids is 5. The van der Waals surface area contributed by atoms with Crippen LogP contribution in [0.15, 0.2) is 97.2 Å². The van der Waals surface area contributed by atoms with E-state index in [1.807, 2.05) is 48.7 Å². The third-order valence-corrected chi connectivity index (χ3v) is 12.4. The van der Waals surface area contributed by atoms with E-state index < -0.39 is 42.2 Å². The van der Waals surface area contributed by atoms with Crippen molar-refractivity contribution < 1.29 is 33.1 Å². The van der Waals surface area contributed by atoms with Crippen molar-refractivity contribution in [2.24, 2.45) is 5.92 Å². The quantitative estimate of drug-likeness (QED) is 0.119. The highest BCUT2D eigenvalue weighted by Gasteiger charge is 2.46. The van der Waals surface area contributed by atoms with Crippen LogP contribution in [0.3, 0.4) is 0 Å². The van der Waals surface area contributed by atoms with Crippen LogP contribution in [0.5, 0.6) is 0 Å². The summed E-state index contributed by atoms with van der Waals surface area (Å²) in [7, 11) is 0. The number of nitrogens with zero attached hydrogens (tertiary/aromatic N) is 6. The Morgan fingerprint density at radius 3 is 2.37 bits per heavy atom. The number of carbonyl (C=O) groups is 5. The zero-order chi connectivity index (χ0) is 43.6. The molecule has 3 aliphatic heterocycles. The molecule has 2 fully saturated rings. The molecule has 15 nitrogen and oxygen atoms in total. The Kier molecular flexibility index (Phi) is 11.4. The van der Waals surface area contributed by atoms with Gasteiger partial charge in [-0.2, -0.15) is 0 Å². The summed E-state index contributed by atoms with van der Waals surface area (Å²) in [6.07, 6.45) is -0.883. The van der Waals surface area contributed by atoms with Crippen LogP contribution in [0, 0.1) is 12.5 Å². The van der Waals surface area contributed by atoms with Gasteiger partial charge in [0.2, 0.25) is 11.8 Å². The first-order valence-corrected chi connectivity index (χ1v) is 21.0. The van der Waals surface area contributed by atoms with Crippen molar-refractivity contribution in [2.75, 3.05) is 26.2 Å². The van der Waals surface area contributed by atoms with Crippen LogP contribution < -0.4 is 16.0 Å². The molecule has 1 aromatic heterocycles. The van der Waals surface area contributed by atoms with Gasteiger partial charge in [-0.15, -0.1) is 5.10 Å². The Bertz CT molecular complexity index is 2600. The van der Waals surface area contributed by atoms with Gasteiger partial charge < -0.3 is 25.6 Å². The van der Waals surface area contributed by atoms with Crippen LogP contribution in [-0.4, -0.2) is 99.1 Å². The van der Waals surface area contributed by atoms with Gasteiger partial charge >= 0.3 is 12.3 Å². The molecule has 4 atom stereocenters. The minimum Gasteiger partial charge on any atom is -0.449 e. The van der Waals surface area contributed by atoms with Crippen LogP contribution in [0.25, 0.3) is 27.2 Å². The Morgan fingerprint density at radius 1 is 0.889 bits per heavy atom. The smallest absolute Gasteiger partial charge is 0.407 e. The van der Waals surface area contributed by atoms with E-state index in [1.54, 1.807) is 33.8 Å². The molecule has 5 aromatic rings. The molecule has 0 bridgehead atoms. The summed E-state index contributed by atoms with van der Waals surface area (Å²) in [5, 5.41) is 16.9. The van der Waals surface area contributed by atoms with Gasteiger partial charge in [-0.3, -0.25) is 28.9 Å². The highest BCUT2D eigenvalue weighted by Crippen LogP contribution is 2.44. The molecule has 5 amide bonds. The molecular weight excluding hydrogens is 806 g/mol. The van der Waals surface area contributed by atoms with E-state index in [0.29, 0.717) is 30.9 Å². The minimum atomic E-state index is -1.27. The minimum absolute atomic E-state index is 0.0408. The Hall–Kier alpha value is -7.41. The normalized spacial score (nSPS) is 19.8. The van der Waals surface area contributed by atoms with E-state index in [4.69, 9.17) is 11.3 Å². The fourth-order valence-corrected chi connectivity index (χ4v) is 9.13. The molecule has 0 saturated carbocycles.